The quantitative estimate of drug-likeness (QED) is 0.777. The molecule has 84 valence electrons. The molecule has 17 heavy (non-hydrogen) atoms. The lowest BCUT2D eigenvalue weighted by Crippen LogP contribution is -1.88. The van der Waals surface area contributed by atoms with Crippen molar-refractivity contribution in [1.29, 1.82) is 5.26 Å². The zero-order valence-electron chi connectivity index (χ0n) is 9.01. The zero-order valence-corrected chi connectivity index (χ0v) is 10.6. The van der Waals surface area contributed by atoms with Gasteiger partial charge in [0.05, 0.1) is 10.6 Å². The molecule has 0 unspecified atom stereocenters. The maximum atomic E-state index is 8.77. The molecule has 0 N–H and O–H groups in total. The summed E-state index contributed by atoms with van der Waals surface area (Å²) in [6.07, 6.45) is 1.72. The number of aryl methyl sites for hydroxylation is 1. The van der Waals surface area contributed by atoms with Crippen LogP contribution in [0.5, 0.6) is 0 Å². The predicted octanol–water partition coefficient (Wildman–Crippen LogP) is 3.46. The van der Waals surface area contributed by atoms with Crippen LogP contribution in [0.3, 0.4) is 0 Å². The Hall–Kier alpha value is -1.57. The van der Waals surface area contributed by atoms with Crippen LogP contribution in [-0.2, 0) is 0 Å². The highest BCUT2D eigenvalue weighted by atomic mass is 35.5. The van der Waals surface area contributed by atoms with Gasteiger partial charge in [-0.25, -0.2) is 9.97 Å². The molecule has 1 aromatic heterocycles. The monoisotopic (exact) mass is 261 g/mol. The summed E-state index contributed by atoms with van der Waals surface area (Å²) in [5, 5.41) is 9.89. The summed E-state index contributed by atoms with van der Waals surface area (Å²) in [5.74, 6) is 0. The molecular weight excluding hydrogens is 254 g/mol. The number of hydrogen-bond acceptors (Lipinski definition) is 4. The fraction of sp³-hybridized carbons (Fsp3) is 0.0833. The van der Waals surface area contributed by atoms with Gasteiger partial charge in [-0.05, 0) is 43.0 Å². The average molecular weight is 262 g/mol. The summed E-state index contributed by atoms with van der Waals surface area (Å²) in [5.41, 5.74) is 1.39. The maximum Gasteiger partial charge on any atom is 0.192 e. The number of aromatic nitrogens is 2. The van der Waals surface area contributed by atoms with E-state index in [2.05, 4.69) is 9.97 Å². The molecule has 0 saturated carbocycles. The topological polar surface area (TPSA) is 49.6 Å². The van der Waals surface area contributed by atoms with Crippen LogP contribution in [0, 0.1) is 18.3 Å². The van der Waals surface area contributed by atoms with Gasteiger partial charge < -0.3 is 0 Å². The van der Waals surface area contributed by atoms with Gasteiger partial charge in [0.2, 0.25) is 0 Å². The molecule has 0 aliphatic rings. The van der Waals surface area contributed by atoms with E-state index in [9.17, 15) is 0 Å². The minimum absolute atomic E-state index is 0.449. The molecule has 1 heterocycles. The van der Waals surface area contributed by atoms with Crippen molar-refractivity contribution in [2.24, 2.45) is 0 Å². The number of hydrogen-bond donors (Lipinski definition) is 0. The molecule has 2 aromatic rings. The SMILES string of the molecule is Cc1ccnc(Sc2ccc(C#N)c(Cl)c2)n1. The number of nitrogens with zero attached hydrogens (tertiary/aromatic N) is 3. The minimum atomic E-state index is 0.449. The fourth-order valence-electron chi connectivity index (χ4n) is 1.23. The van der Waals surface area contributed by atoms with E-state index in [0.717, 1.165) is 10.6 Å². The molecule has 0 saturated heterocycles. The van der Waals surface area contributed by atoms with E-state index in [1.54, 1.807) is 18.3 Å². The molecule has 0 radical (unpaired) electrons. The first-order chi connectivity index (χ1) is 8.19. The molecule has 0 aliphatic heterocycles. The van der Waals surface area contributed by atoms with Crippen molar-refractivity contribution in [2.75, 3.05) is 0 Å². The summed E-state index contributed by atoms with van der Waals surface area (Å²) >= 11 is 7.37. The lowest BCUT2D eigenvalue weighted by molar-refractivity contribution is 0.932. The third kappa shape index (κ3) is 2.96. The largest absolute Gasteiger partial charge is 0.231 e. The highest BCUT2D eigenvalue weighted by Crippen LogP contribution is 2.28. The van der Waals surface area contributed by atoms with E-state index in [-0.39, 0.29) is 0 Å². The van der Waals surface area contributed by atoms with E-state index in [1.165, 1.54) is 11.8 Å². The van der Waals surface area contributed by atoms with E-state index in [4.69, 9.17) is 16.9 Å². The van der Waals surface area contributed by atoms with E-state index in [1.807, 2.05) is 25.1 Å². The Labute approximate surface area is 108 Å². The number of benzene rings is 1. The molecule has 0 fully saturated rings. The second kappa shape index (κ2) is 5.17. The van der Waals surface area contributed by atoms with Gasteiger partial charge in [-0.1, -0.05) is 11.6 Å². The van der Waals surface area contributed by atoms with E-state index in [0.29, 0.717) is 15.7 Å². The molecular formula is C12H8ClN3S. The van der Waals surface area contributed by atoms with Crippen molar-refractivity contribution >= 4 is 23.4 Å². The second-order valence-electron chi connectivity index (χ2n) is 3.34. The van der Waals surface area contributed by atoms with Crippen molar-refractivity contribution in [1.82, 2.24) is 9.97 Å². The summed E-state index contributed by atoms with van der Waals surface area (Å²) in [6, 6.07) is 9.14. The van der Waals surface area contributed by atoms with Gasteiger partial charge in [-0.3, -0.25) is 0 Å². The van der Waals surface area contributed by atoms with Crippen LogP contribution in [0.2, 0.25) is 5.02 Å². The van der Waals surface area contributed by atoms with Crippen molar-refractivity contribution in [3.8, 4) is 6.07 Å². The number of rotatable bonds is 2. The molecule has 0 bridgehead atoms. The lowest BCUT2D eigenvalue weighted by Gasteiger charge is -2.02. The van der Waals surface area contributed by atoms with Gasteiger partial charge >= 0.3 is 0 Å². The first-order valence-corrected chi connectivity index (χ1v) is 6.05. The Kier molecular flexibility index (Phi) is 3.62. The van der Waals surface area contributed by atoms with Gasteiger partial charge in [-0.2, -0.15) is 5.26 Å². The van der Waals surface area contributed by atoms with Gasteiger partial charge in [0, 0.05) is 16.8 Å². The van der Waals surface area contributed by atoms with Gasteiger partial charge in [0.15, 0.2) is 5.16 Å². The number of halogens is 1. The maximum absolute atomic E-state index is 8.77. The first kappa shape index (κ1) is 11.9. The Morgan fingerprint density at radius 2 is 2.18 bits per heavy atom. The van der Waals surface area contributed by atoms with Crippen molar-refractivity contribution < 1.29 is 0 Å². The summed E-state index contributed by atoms with van der Waals surface area (Å²) in [6.45, 7) is 1.91. The fourth-order valence-corrected chi connectivity index (χ4v) is 2.34. The van der Waals surface area contributed by atoms with Crippen LogP contribution >= 0.6 is 23.4 Å². The van der Waals surface area contributed by atoms with Gasteiger partial charge in [0.25, 0.3) is 0 Å². The Bertz CT molecular complexity index is 593. The molecule has 1 aromatic carbocycles. The number of nitriles is 1. The summed E-state index contributed by atoms with van der Waals surface area (Å²) < 4.78 is 0. The zero-order chi connectivity index (χ0) is 12.3. The highest BCUT2D eigenvalue weighted by Gasteiger charge is 2.04. The predicted molar refractivity (Wildman–Crippen MR) is 67.1 cm³/mol. The molecule has 0 amide bonds. The second-order valence-corrected chi connectivity index (χ2v) is 4.78. The average Bonchev–Trinajstić information content (AvgIpc) is 2.29. The smallest absolute Gasteiger partial charge is 0.192 e. The summed E-state index contributed by atoms with van der Waals surface area (Å²) in [4.78, 5) is 9.35. The Morgan fingerprint density at radius 1 is 1.35 bits per heavy atom. The van der Waals surface area contributed by atoms with Crippen LogP contribution in [0.15, 0.2) is 40.5 Å². The highest BCUT2D eigenvalue weighted by molar-refractivity contribution is 7.99. The third-order valence-electron chi connectivity index (χ3n) is 2.04. The van der Waals surface area contributed by atoms with Gasteiger partial charge in [0.1, 0.15) is 6.07 Å². The standard InChI is InChI=1S/C12H8ClN3S/c1-8-4-5-15-12(16-8)17-10-3-2-9(7-14)11(13)6-10/h2-6H,1H3. The molecule has 3 nitrogen and oxygen atoms in total. The van der Waals surface area contributed by atoms with E-state index >= 15 is 0 Å². The minimum Gasteiger partial charge on any atom is -0.231 e. The molecule has 0 atom stereocenters. The van der Waals surface area contributed by atoms with Crippen molar-refractivity contribution in [3.05, 3.63) is 46.7 Å². The molecule has 5 heteroatoms. The van der Waals surface area contributed by atoms with Crippen LogP contribution in [0.4, 0.5) is 0 Å². The molecule has 0 aliphatic carbocycles. The molecule has 0 spiro atoms. The van der Waals surface area contributed by atoms with E-state index < -0.39 is 0 Å². The van der Waals surface area contributed by atoms with Crippen LogP contribution in [-0.4, -0.2) is 9.97 Å². The third-order valence-corrected chi connectivity index (χ3v) is 3.22. The normalized spacial score (nSPS) is 9.94. The van der Waals surface area contributed by atoms with Crippen molar-refractivity contribution in [2.45, 2.75) is 17.0 Å². The Balaban J connectivity index is 2.25. The first-order valence-electron chi connectivity index (χ1n) is 4.86. The molecule has 2 rings (SSSR count). The van der Waals surface area contributed by atoms with Crippen LogP contribution < -0.4 is 0 Å². The van der Waals surface area contributed by atoms with Crippen molar-refractivity contribution in [3.63, 3.8) is 0 Å². The van der Waals surface area contributed by atoms with Gasteiger partial charge in [-0.15, -0.1) is 0 Å². The van der Waals surface area contributed by atoms with Crippen LogP contribution in [0.1, 0.15) is 11.3 Å². The van der Waals surface area contributed by atoms with Crippen LogP contribution in [0.25, 0.3) is 0 Å². The Morgan fingerprint density at radius 3 is 2.82 bits per heavy atom. The summed E-state index contributed by atoms with van der Waals surface area (Å²) in [7, 11) is 0. The lowest BCUT2D eigenvalue weighted by atomic mass is 10.2.